The summed E-state index contributed by atoms with van der Waals surface area (Å²) >= 11 is 0. The molecule has 3 aromatic rings. The third kappa shape index (κ3) is 5.13. The molecule has 5 rings (SSSR count). The van der Waals surface area contributed by atoms with Crippen LogP contribution < -0.4 is 5.73 Å². The molecule has 0 spiro atoms. The van der Waals surface area contributed by atoms with Gasteiger partial charge in [-0.1, -0.05) is 55.5 Å². The first kappa shape index (κ1) is 25.5. The summed E-state index contributed by atoms with van der Waals surface area (Å²) in [5.41, 5.74) is 10.8. The summed E-state index contributed by atoms with van der Waals surface area (Å²) in [4.78, 5) is 28.4. The average Bonchev–Trinajstić information content (AvgIpc) is 3.77. The molecule has 4 atom stereocenters. The van der Waals surface area contributed by atoms with Crippen LogP contribution in [0.5, 0.6) is 0 Å². The van der Waals surface area contributed by atoms with Crippen molar-refractivity contribution in [2.75, 3.05) is 5.73 Å². The number of nitrogen functional groups attached to an aromatic ring is 1. The molecule has 7 heteroatoms. The highest BCUT2D eigenvalue weighted by atomic mass is 16.5. The van der Waals surface area contributed by atoms with Gasteiger partial charge in [0, 0.05) is 12.1 Å². The predicted molar refractivity (Wildman–Crippen MR) is 143 cm³/mol. The Hall–Kier alpha value is -4.15. The Morgan fingerprint density at radius 1 is 1.03 bits per heavy atom. The molecule has 7 nitrogen and oxygen atoms in total. The maximum absolute atomic E-state index is 14.1. The number of ether oxygens (including phenoxy) is 1. The van der Waals surface area contributed by atoms with E-state index in [1.807, 2.05) is 48.5 Å². The zero-order chi connectivity index (χ0) is 26.8. The molecule has 2 aliphatic rings. The lowest BCUT2D eigenvalue weighted by Crippen LogP contribution is -2.58. The number of hydrogen-bond donors (Lipinski definition) is 2. The Morgan fingerprint density at radius 2 is 1.63 bits per heavy atom. The lowest BCUT2D eigenvalue weighted by molar-refractivity contribution is -0.185. The van der Waals surface area contributed by atoms with Gasteiger partial charge in [0.25, 0.3) is 5.91 Å². The number of nitriles is 1. The lowest BCUT2D eigenvalue weighted by atomic mass is 9.88. The van der Waals surface area contributed by atoms with E-state index >= 15 is 0 Å². The third-order valence-corrected chi connectivity index (χ3v) is 7.55. The van der Waals surface area contributed by atoms with Crippen LogP contribution in [0.3, 0.4) is 0 Å². The molecule has 4 unspecified atom stereocenters. The Kier molecular flexibility index (Phi) is 7.17. The van der Waals surface area contributed by atoms with Crippen molar-refractivity contribution in [3.05, 3.63) is 101 Å². The summed E-state index contributed by atoms with van der Waals surface area (Å²) in [6.45, 7) is 2.08. The number of nitrogens with two attached hydrogens (primary N) is 1. The zero-order valence-corrected chi connectivity index (χ0v) is 21.3. The Balaban J connectivity index is 1.61. The van der Waals surface area contributed by atoms with Gasteiger partial charge in [-0.2, -0.15) is 5.26 Å². The van der Waals surface area contributed by atoms with Crippen molar-refractivity contribution in [2.24, 2.45) is 5.92 Å². The van der Waals surface area contributed by atoms with E-state index in [0.717, 1.165) is 41.5 Å². The van der Waals surface area contributed by atoms with E-state index in [4.69, 9.17) is 15.7 Å². The van der Waals surface area contributed by atoms with Crippen LogP contribution in [0, 0.1) is 17.2 Å². The topological polar surface area (TPSA) is 117 Å². The highest BCUT2D eigenvalue weighted by molar-refractivity contribution is 5.88. The number of aliphatic carboxylic acids is 1. The van der Waals surface area contributed by atoms with Crippen LogP contribution >= 0.6 is 0 Å². The smallest absolute Gasteiger partial charge is 0.326 e. The lowest BCUT2D eigenvalue weighted by Gasteiger charge is -2.47. The summed E-state index contributed by atoms with van der Waals surface area (Å²) < 4.78 is 6.58. The minimum atomic E-state index is -0.994. The van der Waals surface area contributed by atoms with Crippen LogP contribution in [0.15, 0.2) is 72.8 Å². The van der Waals surface area contributed by atoms with Crippen LogP contribution in [0.25, 0.3) is 0 Å². The van der Waals surface area contributed by atoms with Crippen LogP contribution in [0.4, 0.5) is 5.69 Å². The number of benzene rings is 3. The first-order valence-electron chi connectivity index (χ1n) is 13.0. The van der Waals surface area contributed by atoms with Gasteiger partial charge in [0.05, 0.1) is 17.7 Å². The second-order valence-electron chi connectivity index (χ2n) is 10.1. The third-order valence-electron chi connectivity index (χ3n) is 7.55. The minimum Gasteiger partial charge on any atom is -0.480 e. The van der Waals surface area contributed by atoms with Gasteiger partial charge in [-0.25, -0.2) is 4.79 Å². The highest BCUT2D eigenvalue weighted by Crippen LogP contribution is 2.47. The fourth-order valence-electron chi connectivity index (χ4n) is 5.33. The number of carboxylic acid groups (broad SMARTS) is 1. The van der Waals surface area contributed by atoms with Crippen LogP contribution in [0.1, 0.15) is 59.7 Å². The van der Waals surface area contributed by atoms with Crippen molar-refractivity contribution in [2.45, 2.75) is 56.9 Å². The van der Waals surface area contributed by atoms with Crippen molar-refractivity contribution in [3.63, 3.8) is 0 Å². The molecule has 0 radical (unpaired) electrons. The number of amides is 1. The molecule has 38 heavy (non-hydrogen) atoms. The maximum Gasteiger partial charge on any atom is 0.326 e. The standard InChI is InChI=1S/C31H31N3O4/c1-2-19-7-9-22(10-8-19)27-29(24-13-15-25(33)16-14-24)38-26(17-20-3-5-21(18-32)6-4-20)30(35)34(27)28(31(36)37)23-11-12-23/h3-10,13-16,23,26-29H,2,11-12,17,33H2,1H3,(H,36,37). The van der Waals surface area contributed by atoms with Gasteiger partial charge < -0.3 is 20.5 Å². The molecule has 3 N–H and O–H groups in total. The van der Waals surface area contributed by atoms with Crippen molar-refractivity contribution in [1.29, 1.82) is 5.26 Å². The molecule has 194 valence electrons. The van der Waals surface area contributed by atoms with Gasteiger partial charge in [-0.3, -0.25) is 4.79 Å². The molecule has 1 heterocycles. The van der Waals surface area contributed by atoms with Crippen molar-refractivity contribution in [3.8, 4) is 6.07 Å². The molecular weight excluding hydrogens is 478 g/mol. The summed E-state index contributed by atoms with van der Waals surface area (Å²) in [5, 5.41) is 19.5. The number of rotatable bonds is 8. The first-order valence-corrected chi connectivity index (χ1v) is 13.0. The number of hydrogen-bond acceptors (Lipinski definition) is 5. The van der Waals surface area contributed by atoms with Gasteiger partial charge in [-0.15, -0.1) is 0 Å². The second-order valence-corrected chi connectivity index (χ2v) is 10.1. The summed E-state index contributed by atoms with van der Waals surface area (Å²) in [6.07, 6.45) is 1.22. The maximum atomic E-state index is 14.1. The van der Waals surface area contributed by atoms with E-state index in [2.05, 4.69) is 13.0 Å². The van der Waals surface area contributed by atoms with Crippen LogP contribution in [-0.4, -0.2) is 34.0 Å². The number of anilines is 1. The van der Waals surface area contributed by atoms with Gasteiger partial charge in [0.1, 0.15) is 18.2 Å². The molecule has 1 saturated heterocycles. The number of carbonyl (C=O) groups is 2. The summed E-state index contributed by atoms with van der Waals surface area (Å²) in [5.74, 6) is -1.41. The van der Waals surface area contributed by atoms with Crippen LogP contribution in [-0.2, 0) is 27.2 Å². The zero-order valence-electron chi connectivity index (χ0n) is 21.3. The fraction of sp³-hybridized carbons (Fsp3) is 0.323. The largest absolute Gasteiger partial charge is 0.480 e. The fourth-order valence-corrected chi connectivity index (χ4v) is 5.33. The molecule has 1 aliphatic carbocycles. The number of aryl methyl sites for hydroxylation is 1. The molecule has 1 saturated carbocycles. The normalized spacial score (nSPS) is 22.1. The molecular formula is C31H31N3O4. The number of nitrogens with zero attached hydrogens (tertiary/aromatic N) is 2. The van der Waals surface area contributed by atoms with E-state index in [-0.39, 0.29) is 18.2 Å². The molecule has 1 aliphatic heterocycles. The van der Waals surface area contributed by atoms with E-state index in [0.29, 0.717) is 11.3 Å². The Labute approximate surface area is 222 Å². The van der Waals surface area contributed by atoms with Gasteiger partial charge >= 0.3 is 5.97 Å². The summed E-state index contributed by atoms with van der Waals surface area (Å²) in [7, 11) is 0. The van der Waals surface area contributed by atoms with Crippen LogP contribution in [0.2, 0.25) is 0 Å². The van der Waals surface area contributed by atoms with Gasteiger partial charge in [-0.05, 0) is 71.7 Å². The average molecular weight is 510 g/mol. The number of carboxylic acids is 1. The Morgan fingerprint density at radius 3 is 2.18 bits per heavy atom. The summed E-state index contributed by atoms with van der Waals surface area (Å²) in [6, 6.07) is 22.9. The quantitative estimate of drug-likeness (QED) is 0.421. The van der Waals surface area contributed by atoms with E-state index in [1.54, 1.807) is 29.2 Å². The molecule has 0 aromatic heterocycles. The van der Waals surface area contributed by atoms with E-state index < -0.39 is 30.3 Å². The highest BCUT2D eigenvalue weighted by Gasteiger charge is 2.52. The monoisotopic (exact) mass is 509 g/mol. The van der Waals surface area contributed by atoms with E-state index in [9.17, 15) is 14.7 Å². The molecule has 2 fully saturated rings. The van der Waals surface area contributed by atoms with E-state index in [1.165, 1.54) is 0 Å². The number of carbonyl (C=O) groups excluding carboxylic acids is 1. The molecule has 3 aromatic carbocycles. The van der Waals surface area contributed by atoms with Crippen molar-refractivity contribution < 1.29 is 19.4 Å². The number of morpholine rings is 1. The molecule has 0 bridgehead atoms. The minimum absolute atomic E-state index is 0.0883. The SMILES string of the molecule is CCc1ccc(C2C(c3ccc(N)cc3)OC(Cc3ccc(C#N)cc3)C(=O)N2C(C(=O)O)C2CC2)cc1. The van der Waals surface area contributed by atoms with Crippen molar-refractivity contribution in [1.82, 2.24) is 4.90 Å². The molecule has 1 amide bonds. The van der Waals surface area contributed by atoms with Crippen molar-refractivity contribution >= 4 is 17.6 Å². The predicted octanol–water partition coefficient (Wildman–Crippen LogP) is 4.82. The van der Waals surface area contributed by atoms with Gasteiger partial charge in [0.15, 0.2) is 0 Å². The second kappa shape index (κ2) is 10.7. The van der Waals surface area contributed by atoms with Gasteiger partial charge in [0.2, 0.25) is 0 Å². The first-order chi connectivity index (χ1) is 18.4. The Bertz CT molecular complexity index is 1340.